The molecule has 0 aliphatic heterocycles. The number of fused-ring (bicyclic) bond motifs is 5. The summed E-state index contributed by atoms with van der Waals surface area (Å²) in [6.07, 6.45) is 7.02. The standard InChI is InChI=1S/C40H46N2O7S3/c1-25-8-14-31(15-9-25)51(44,45)48-30-13-19-33-28(22-30)12-18-35-34(33)20-21-40(4)36(49-52(46,47)32-16-10-26(2)11-17-32)23-29(38(35)40)6-5-7-37(43)42-39-41-24-27(3)50-39/h8-11,13-17,19,22,24,29,34-36,38H,5-7,12,18,20-21,23H2,1-4H3,(H,41,42,43)/t29-,34?,35?,36+,38?,40-/m1/s1. The lowest BCUT2D eigenvalue weighted by atomic mass is 9.53. The summed E-state index contributed by atoms with van der Waals surface area (Å²) in [5, 5.41) is 3.52. The van der Waals surface area contributed by atoms with Gasteiger partial charge in [0.1, 0.15) is 10.6 Å². The zero-order valence-electron chi connectivity index (χ0n) is 30.0. The predicted octanol–water partition coefficient (Wildman–Crippen LogP) is 8.50. The van der Waals surface area contributed by atoms with Gasteiger partial charge in [-0.1, -0.05) is 48.4 Å². The summed E-state index contributed by atoms with van der Waals surface area (Å²) in [7, 11) is -7.97. The smallest absolute Gasteiger partial charge is 0.339 e. The molecule has 7 rings (SSSR count). The van der Waals surface area contributed by atoms with Crippen LogP contribution >= 0.6 is 11.3 Å². The van der Waals surface area contributed by atoms with Crippen LogP contribution in [0.3, 0.4) is 0 Å². The maximum atomic E-state index is 13.6. The average molecular weight is 763 g/mol. The molecule has 12 heteroatoms. The predicted molar refractivity (Wildman–Crippen MR) is 201 cm³/mol. The Balaban J connectivity index is 1.12. The minimum atomic E-state index is -3.99. The lowest BCUT2D eigenvalue weighted by Crippen LogP contribution is -2.46. The average Bonchev–Trinajstić information content (AvgIpc) is 3.63. The summed E-state index contributed by atoms with van der Waals surface area (Å²) < 4.78 is 65.2. The molecular formula is C40H46N2O7S3. The zero-order valence-corrected chi connectivity index (χ0v) is 32.5. The fraction of sp³-hybridized carbons (Fsp3) is 0.450. The minimum Gasteiger partial charge on any atom is -0.379 e. The van der Waals surface area contributed by atoms with Crippen molar-refractivity contribution in [3.8, 4) is 5.75 Å². The van der Waals surface area contributed by atoms with E-state index in [0.717, 1.165) is 53.7 Å². The monoisotopic (exact) mass is 762 g/mol. The van der Waals surface area contributed by atoms with Crippen molar-refractivity contribution >= 4 is 42.6 Å². The molecule has 6 atom stereocenters. The van der Waals surface area contributed by atoms with Gasteiger partial charge in [0.05, 0.1) is 11.0 Å². The highest BCUT2D eigenvalue weighted by atomic mass is 32.2. The third-order valence-electron chi connectivity index (χ3n) is 11.7. The van der Waals surface area contributed by atoms with Crippen LogP contribution in [0.4, 0.5) is 5.13 Å². The molecule has 3 aromatic carbocycles. The highest BCUT2D eigenvalue weighted by Gasteiger charge is 2.60. The summed E-state index contributed by atoms with van der Waals surface area (Å²) >= 11 is 1.45. The summed E-state index contributed by atoms with van der Waals surface area (Å²) in [5.41, 5.74) is 3.89. The minimum absolute atomic E-state index is 0.0691. The number of nitrogens with one attached hydrogen (secondary N) is 1. The highest BCUT2D eigenvalue weighted by Crippen LogP contribution is 2.64. The van der Waals surface area contributed by atoms with E-state index >= 15 is 0 Å². The highest BCUT2D eigenvalue weighted by molar-refractivity contribution is 7.87. The van der Waals surface area contributed by atoms with E-state index in [1.165, 1.54) is 16.9 Å². The molecule has 9 nitrogen and oxygen atoms in total. The van der Waals surface area contributed by atoms with Crippen molar-refractivity contribution in [1.82, 2.24) is 4.98 Å². The van der Waals surface area contributed by atoms with Crippen molar-refractivity contribution in [3.05, 3.63) is 100 Å². The van der Waals surface area contributed by atoms with Crippen LogP contribution in [0.15, 0.2) is 82.7 Å². The molecule has 1 N–H and O–H groups in total. The van der Waals surface area contributed by atoms with Crippen molar-refractivity contribution in [3.63, 3.8) is 0 Å². The SMILES string of the molecule is Cc1ccc(S(=O)(=O)Oc2ccc3c(c2)CCC2C3CC[C@@]3(C)C2[C@H](CCCC(=O)Nc2ncc(C)s2)C[C@@H]3OS(=O)(=O)c2ccc(C)cc2)cc1. The maximum Gasteiger partial charge on any atom is 0.339 e. The molecule has 0 saturated heterocycles. The normalized spacial score (nSPS) is 25.5. The number of rotatable bonds is 11. The van der Waals surface area contributed by atoms with Crippen molar-refractivity contribution < 1.29 is 30.0 Å². The number of hydrogen-bond donors (Lipinski definition) is 1. The number of aryl methyl sites for hydroxylation is 4. The Bertz CT molecular complexity index is 2160. The van der Waals surface area contributed by atoms with Crippen LogP contribution in [0.25, 0.3) is 0 Å². The van der Waals surface area contributed by atoms with E-state index in [4.69, 9.17) is 8.37 Å². The summed E-state index contributed by atoms with van der Waals surface area (Å²) in [5.74, 6) is 1.14. The third kappa shape index (κ3) is 7.44. The maximum absolute atomic E-state index is 13.6. The number of aromatic nitrogens is 1. The van der Waals surface area contributed by atoms with Crippen molar-refractivity contribution in [1.29, 1.82) is 0 Å². The Hall–Kier alpha value is -3.58. The van der Waals surface area contributed by atoms with Gasteiger partial charge in [0.2, 0.25) is 5.91 Å². The van der Waals surface area contributed by atoms with E-state index in [0.29, 0.717) is 36.1 Å². The van der Waals surface area contributed by atoms with E-state index in [9.17, 15) is 21.6 Å². The third-order valence-corrected chi connectivity index (χ3v) is 15.1. The van der Waals surface area contributed by atoms with Crippen LogP contribution in [-0.4, -0.2) is 33.8 Å². The van der Waals surface area contributed by atoms with Gasteiger partial charge in [-0.05, 0) is 142 Å². The lowest BCUT2D eigenvalue weighted by molar-refractivity contribution is -0.116. The molecule has 0 radical (unpaired) electrons. The molecule has 2 fully saturated rings. The molecule has 3 aliphatic rings. The van der Waals surface area contributed by atoms with Crippen LogP contribution < -0.4 is 9.50 Å². The molecule has 3 unspecified atom stereocenters. The molecule has 2 saturated carbocycles. The van der Waals surface area contributed by atoms with Gasteiger partial charge in [-0.3, -0.25) is 8.98 Å². The second-order valence-electron chi connectivity index (χ2n) is 15.2. The molecular weight excluding hydrogens is 717 g/mol. The summed E-state index contributed by atoms with van der Waals surface area (Å²) in [6, 6.07) is 19.1. The second-order valence-corrected chi connectivity index (χ2v) is 19.5. The Kier molecular flexibility index (Phi) is 10.1. The quantitative estimate of drug-likeness (QED) is 0.151. The van der Waals surface area contributed by atoms with E-state index in [-0.39, 0.29) is 38.9 Å². The summed E-state index contributed by atoms with van der Waals surface area (Å²) in [4.78, 5) is 18.4. The first-order chi connectivity index (χ1) is 24.7. The number of carbonyl (C=O) groups excluding carboxylic acids is 1. The van der Waals surface area contributed by atoms with Gasteiger partial charge in [0.15, 0.2) is 5.13 Å². The van der Waals surface area contributed by atoms with Gasteiger partial charge in [-0.2, -0.15) is 16.8 Å². The first-order valence-electron chi connectivity index (χ1n) is 18.1. The Morgan fingerprint density at radius 1 is 0.923 bits per heavy atom. The van der Waals surface area contributed by atoms with Crippen LogP contribution in [0, 0.1) is 43.9 Å². The number of nitrogens with zero attached hydrogens (tertiary/aromatic N) is 1. The molecule has 4 aromatic rings. The van der Waals surface area contributed by atoms with E-state index in [2.05, 4.69) is 17.2 Å². The fourth-order valence-corrected chi connectivity index (χ4v) is 12.0. The molecule has 1 amide bonds. The fourth-order valence-electron chi connectivity index (χ4n) is 9.20. The van der Waals surface area contributed by atoms with Gasteiger partial charge in [0, 0.05) is 17.5 Å². The molecule has 52 heavy (non-hydrogen) atoms. The molecule has 276 valence electrons. The number of anilines is 1. The van der Waals surface area contributed by atoms with Crippen molar-refractivity contribution in [2.75, 3.05) is 5.32 Å². The number of thiazole rings is 1. The topological polar surface area (TPSA) is 129 Å². The van der Waals surface area contributed by atoms with Crippen molar-refractivity contribution in [2.45, 2.75) is 101 Å². The van der Waals surface area contributed by atoms with Gasteiger partial charge in [-0.25, -0.2) is 4.98 Å². The van der Waals surface area contributed by atoms with Crippen LogP contribution in [-0.2, 0) is 35.6 Å². The molecule has 0 spiro atoms. The number of benzene rings is 3. The van der Waals surface area contributed by atoms with Crippen LogP contribution in [0.2, 0.25) is 0 Å². The van der Waals surface area contributed by atoms with Crippen LogP contribution in [0.1, 0.15) is 84.9 Å². The van der Waals surface area contributed by atoms with Gasteiger partial charge >= 0.3 is 10.1 Å². The molecule has 1 heterocycles. The summed E-state index contributed by atoms with van der Waals surface area (Å²) in [6.45, 7) is 7.99. The second kappa shape index (κ2) is 14.3. The zero-order chi connectivity index (χ0) is 36.8. The largest absolute Gasteiger partial charge is 0.379 e. The van der Waals surface area contributed by atoms with Gasteiger partial charge < -0.3 is 9.50 Å². The van der Waals surface area contributed by atoms with E-state index < -0.39 is 26.3 Å². The Morgan fingerprint density at radius 3 is 2.25 bits per heavy atom. The van der Waals surface area contributed by atoms with Crippen molar-refractivity contribution in [2.24, 2.45) is 23.2 Å². The lowest BCUT2D eigenvalue weighted by Gasteiger charge is -2.51. The molecule has 0 bridgehead atoms. The van der Waals surface area contributed by atoms with Gasteiger partial charge in [0.25, 0.3) is 10.1 Å². The van der Waals surface area contributed by atoms with E-state index in [1.807, 2.05) is 32.9 Å². The first-order valence-corrected chi connectivity index (χ1v) is 21.7. The number of carbonyl (C=O) groups is 1. The number of hydrogen-bond acceptors (Lipinski definition) is 9. The first kappa shape index (κ1) is 36.8. The Morgan fingerprint density at radius 2 is 1.60 bits per heavy atom. The Labute approximate surface area is 311 Å². The molecule has 1 aromatic heterocycles. The van der Waals surface area contributed by atoms with E-state index in [1.54, 1.807) is 60.8 Å². The molecule has 3 aliphatic carbocycles. The van der Waals surface area contributed by atoms with Crippen LogP contribution in [0.5, 0.6) is 5.75 Å². The number of amides is 1. The van der Waals surface area contributed by atoms with Gasteiger partial charge in [-0.15, -0.1) is 11.3 Å².